The Hall–Kier alpha value is -1.68. The predicted octanol–water partition coefficient (Wildman–Crippen LogP) is 1.62. The Bertz CT molecular complexity index is 558. The Kier molecular flexibility index (Phi) is 2.05. The highest BCUT2D eigenvalue weighted by Crippen LogP contribution is 2.17. The van der Waals surface area contributed by atoms with Gasteiger partial charge in [-0.15, -0.1) is 0 Å². The minimum Gasteiger partial charge on any atom is -0.291 e. The second kappa shape index (κ2) is 3.23. The maximum atomic E-state index is 7.51. The summed E-state index contributed by atoms with van der Waals surface area (Å²) in [4.78, 5) is 3.82. The van der Waals surface area contributed by atoms with Gasteiger partial charge in [-0.05, 0) is 12.1 Å². The van der Waals surface area contributed by atoms with Crippen LogP contribution in [0, 0.1) is 10.8 Å². The number of aromatic nitrogens is 2. The summed E-state index contributed by atoms with van der Waals surface area (Å²) in [6, 6.07) is 7.28. The first kappa shape index (κ1) is 8.90. The lowest BCUT2D eigenvalue weighted by Gasteiger charge is -2.05. The van der Waals surface area contributed by atoms with E-state index in [9.17, 15) is 0 Å². The van der Waals surface area contributed by atoms with Crippen molar-refractivity contribution in [3.8, 4) is 0 Å². The summed E-state index contributed by atoms with van der Waals surface area (Å²) in [5.41, 5.74) is 0.677. The molecule has 0 saturated heterocycles. The van der Waals surface area contributed by atoms with Crippen molar-refractivity contribution in [2.24, 2.45) is 0 Å². The fourth-order valence-corrected chi connectivity index (χ4v) is 1.55. The minimum absolute atomic E-state index is 0.0382. The Labute approximate surface area is 84.8 Å². The molecule has 1 aromatic heterocycles. The standard InChI is InChI=1S/C9H7ClN4/c10-8-6-3-1-2-4-7(6)14(5-11)9(12)13-8/h1-5,11-12H. The number of benzene rings is 1. The van der Waals surface area contributed by atoms with Crippen LogP contribution in [0.4, 0.5) is 0 Å². The first-order valence-electron chi connectivity index (χ1n) is 3.96. The Morgan fingerprint density at radius 3 is 2.79 bits per heavy atom. The molecule has 0 aliphatic rings. The fourth-order valence-electron chi connectivity index (χ4n) is 1.31. The first-order valence-corrected chi connectivity index (χ1v) is 4.34. The quantitative estimate of drug-likeness (QED) is 0.416. The van der Waals surface area contributed by atoms with Crippen LogP contribution in [0.15, 0.2) is 24.3 Å². The molecule has 0 spiro atoms. The van der Waals surface area contributed by atoms with Crippen LogP contribution in [-0.2, 0) is 0 Å². The summed E-state index contributed by atoms with van der Waals surface area (Å²) in [6.07, 6.45) is 1.05. The summed E-state index contributed by atoms with van der Waals surface area (Å²) < 4.78 is 1.36. The molecule has 0 unspecified atom stereocenters. The summed E-state index contributed by atoms with van der Waals surface area (Å²) in [7, 11) is 0. The van der Waals surface area contributed by atoms with Crippen LogP contribution in [0.1, 0.15) is 0 Å². The highest BCUT2D eigenvalue weighted by molar-refractivity contribution is 6.34. The highest BCUT2D eigenvalue weighted by atomic mass is 35.5. The Morgan fingerprint density at radius 2 is 2.07 bits per heavy atom. The van der Waals surface area contributed by atoms with Crippen LogP contribution in [0.2, 0.25) is 5.15 Å². The molecule has 0 aliphatic heterocycles. The number of fused-ring (bicyclic) bond motifs is 1. The van der Waals surface area contributed by atoms with Crippen molar-refractivity contribution in [1.82, 2.24) is 9.55 Å². The van der Waals surface area contributed by atoms with E-state index in [0.717, 1.165) is 11.7 Å². The number of nitrogens with zero attached hydrogens (tertiary/aromatic N) is 2. The third kappa shape index (κ3) is 1.20. The third-order valence-electron chi connectivity index (χ3n) is 1.95. The molecule has 1 heterocycles. The average Bonchev–Trinajstić information content (AvgIpc) is 2.18. The van der Waals surface area contributed by atoms with Crippen molar-refractivity contribution in [3.05, 3.63) is 35.0 Å². The molecule has 5 heteroatoms. The lowest BCUT2D eigenvalue weighted by Crippen LogP contribution is -2.22. The highest BCUT2D eigenvalue weighted by Gasteiger charge is 2.03. The molecule has 0 atom stereocenters. The molecule has 4 nitrogen and oxygen atoms in total. The zero-order valence-electron chi connectivity index (χ0n) is 7.16. The number of hydrogen-bond donors (Lipinski definition) is 2. The second-order valence-corrected chi connectivity index (χ2v) is 3.10. The van der Waals surface area contributed by atoms with Crippen LogP contribution in [0.25, 0.3) is 10.9 Å². The van der Waals surface area contributed by atoms with E-state index in [0.29, 0.717) is 10.7 Å². The lowest BCUT2D eigenvalue weighted by molar-refractivity contribution is 0.927. The molecule has 0 fully saturated rings. The molecule has 2 rings (SSSR count). The van der Waals surface area contributed by atoms with Gasteiger partial charge < -0.3 is 0 Å². The summed E-state index contributed by atoms with van der Waals surface area (Å²) in [5, 5.41) is 15.7. The molecule has 0 bridgehead atoms. The van der Waals surface area contributed by atoms with Crippen molar-refractivity contribution in [2.75, 3.05) is 0 Å². The number of halogens is 1. The molecular weight excluding hydrogens is 200 g/mol. The number of hydrogen-bond acceptors (Lipinski definition) is 3. The maximum Gasteiger partial charge on any atom is 0.229 e. The van der Waals surface area contributed by atoms with Gasteiger partial charge in [-0.1, -0.05) is 23.7 Å². The normalized spacial score (nSPS) is 10.4. The van der Waals surface area contributed by atoms with Gasteiger partial charge in [0.1, 0.15) is 5.15 Å². The van der Waals surface area contributed by atoms with Gasteiger partial charge in [0.25, 0.3) is 0 Å². The molecule has 0 radical (unpaired) electrons. The minimum atomic E-state index is -0.0382. The summed E-state index contributed by atoms with van der Waals surface area (Å²) in [6.45, 7) is 0. The van der Waals surface area contributed by atoms with Crippen molar-refractivity contribution in [3.63, 3.8) is 0 Å². The Balaban J connectivity index is 3.05. The topological polar surface area (TPSA) is 65.5 Å². The zero-order chi connectivity index (χ0) is 10.1. The smallest absolute Gasteiger partial charge is 0.229 e. The molecule has 0 amide bonds. The van der Waals surface area contributed by atoms with Crippen LogP contribution in [0.5, 0.6) is 0 Å². The van der Waals surface area contributed by atoms with Crippen LogP contribution >= 0.6 is 11.6 Å². The Morgan fingerprint density at radius 1 is 1.36 bits per heavy atom. The summed E-state index contributed by atoms with van der Waals surface area (Å²) >= 11 is 5.87. The SMILES string of the molecule is N=Cn1c(=N)nc(Cl)c2ccccc21. The van der Waals surface area contributed by atoms with Gasteiger partial charge in [-0.2, -0.15) is 0 Å². The number of para-hydroxylation sites is 1. The van der Waals surface area contributed by atoms with E-state index in [1.54, 1.807) is 6.07 Å². The monoisotopic (exact) mass is 206 g/mol. The van der Waals surface area contributed by atoms with Crippen molar-refractivity contribution < 1.29 is 0 Å². The van der Waals surface area contributed by atoms with Crippen molar-refractivity contribution in [2.45, 2.75) is 0 Å². The van der Waals surface area contributed by atoms with E-state index in [1.165, 1.54) is 4.57 Å². The van der Waals surface area contributed by atoms with Crippen molar-refractivity contribution in [1.29, 1.82) is 10.8 Å². The molecule has 0 aliphatic carbocycles. The van der Waals surface area contributed by atoms with Crippen LogP contribution in [0.3, 0.4) is 0 Å². The largest absolute Gasteiger partial charge is 0.291 e. The molecule has 2 aromatic rings. The molecule has 70 valence electrons. The van der Waals surface area contributed by atoms with Gasteiger partial charge in [0, 0.05) is 5.39 Å². The zero-order valence-corrected chi connectivity index (χ0v) is 7.92. The second-order valence-electron chi connectivity index (χ2n) is 2.74. The molecule has 1 aromatic carbocycles. The van der Waals surface area contributed by atoms with Crippen LogP contribution < -0.4 is 5.62 Å². The van der Waals surface area contributed by atoms with E-state index >= 15 is 0 Å². The van der Waals surface area contributed by atoms with E-state index in [-0.39, 0.29) is 5.62 Å². The van der Waals surface area contributed by atoms with E-state index in [4.69, 9.17) is 22.4 Å². The van der Waals surface area contributed by atoms with E-state index in [2.05, 4.69) is 4.98 Å². The van der Waals surface area contributed by atoms with Crippen molar-refractivity contribution >= 4 is 28.8 Å². The summed E-state index contributed by atoms with van der Waals surface area (Å²) in [5.74, 6) is 0. The first-order chi connectivity index (χ1) is 6.74. The maximum absolute atomic E-state index is 7.51. The molecule has 0 saturated carbocycles. The number of nitrogens with one attached hydrogen (secondary N) is 2. The third-order valence-corrected chi connectivity index (χ3v) is 2.24. The molecule has 14 heavy (non-hydrogen) atoms. The fraction of sp³-hybridized carbons (Fsp3) is 0. The average molecular weight is 207 g/mol. The van der Waals surface area contributed by atoms with Gasteiger partial charge >= 0.3 is 0 Å². The van der Waals surface area contributed by atoms with E-state index in [1.807, 2.05) is 18.2 Å². The van der Waals surface area contributed by atoms with Gasteiger partial charge in [-0.3, -0.25) is 15.4 Å². The van der Waals surface area contributed by atoms with Gasteiger partial charge in [0.15, 0.2) is 0 Å². The molecule has 2 N–H and O–H groups in total. The lowest BCUT2D eigenvalue weighted by atomic mass is 10.2. The van der Waals surface area contributed by atoms with Gasteiger partial charge in [0.2, 0.25) is 5.62 Å². The van der Waals surface area contributed by atoms with Crippen LogP contribution in [-0.4, -0.2) is 15.9 Å². The number of rotatable bonds is 1. The van der Waals surface area contributed by atoms with E-state index < -0.39 is 0 Å². The predicted molar refractivity (Wildman–Crippen MR) is 54.8 cm³/mol. The molecular formula is C9H7ClN4. The van der Waals surface area contributed by atoms with Gasteiger partial charge in [0.05, 0.1) is 11.9 Å². The van der Waals surface area contributed by atoms with Gasteiger partial charge in [-0.25, -0.2) is 4.98 Å².